The minimum atomic E-state index is -0.485. The predicted octanol–water partition coefficient (Wildman–Crippen LogP) is 2.20. The molecule has 2 aliphatic heterocycles. The van der Waals surface area contributed by atoms with Crippen molar-refractivity contribution >= 4 is 17.5 Å². The lowest BCUT2D eigenvalue weighted by Gasteiger charge is -2.25. The first-order valence-corrected chi connectivity index (χ1v) is 8.73. The zero-order chi connectivity index (χ0) is 17.1. The summed E-state index contributed by atoms with van der Waals surface area (Å²) < 4.78 is 14.7. The number of nitrogens with one attached hydrogen (secondary N) is 2. The van der Waals surface area contributed by atoms with Crippen LogP contribution < -0.4 is 10.6 Å². The summed E-state index contributed by atoms with van der Waals surface area (Å²) in [6.45, 7) is 3.95. The Morgan fingerprint density at radius 2 is 2.25 bits per heavy atom. The van der Waals surface area contributed by atoms with Gasteiger partial charge in [-0.25, -0.2) is 4.39 Å². The minimum Gasteiger partial charge on any atom is -0.331 e. The molecular weight excluding hydrogens is 309 g/mol. The number of rotatable bonds is 4. The number of hydrogen-bond donors (Lipinski definition) is 2. The van der Waals surface area contributed by atoms with Crippen molar-refractivity contribution in [2.24, 2.45) is 0 Å². The molecule has 2 aliphatic rings. The Hall–Kier alpha value is -1.95. The predicted molar refractivity (Wildman–Crippen MR) is 90.1 cm³/mol. The Kier molecular flexibility index (Phi) is 5.14. The third-order valence-corrected chi connectivity index (χ3v) is 4.80. The third-order valence-electron chi connectivity index (χ3n) is 4.80. The molecule has 1 aromatic carbocycles. The summed E-state index contributed by atoms with van der Waals surface area (Å²) in [7, 11) is 0. The van der Waals surface area contributed by atoms with E-state index in [1.165, 1.54) is 0 Å². The summed E-state index contributed by atoms with van der Waals surface area (Å²) in [5.74, 6) is -0.622. The highest BCUT2D eigenvalue weighted by Crippen LogP contribution is 2.26. The SMILES string of the molecule is CCCC(=O)N1CCCC1C(=O)Nc1ccc2c(c1F)CCNC2. The number of amides is 2. The minimum absolute atomic E-state index is 0.00661. The van der Waals surface area contributed by atoms with Gasteiger partial charge in [-0.15, -0.1) is 0 Å². The van der Waals surface area contributed by atoms with Gasteiger partial charge in [-0.05, 0) is 49.4 Å². The highest BCUT2D eigenvalue weighted by molar-refractivity contribution is 5.97. The normalized spacial score (nSPS) is 19.9. The lowest BCUT2D eigenvalue weighted by Crippen LogP contribution is -2.43. The smallest absolute Gasteiger partial charge is 0.247 e. The molecule has 2 N–H and O–H groups in total. The Morgan fingerprint density at radius 1 is 1.42 bits per heavy atom. The van der Waals surface area contributed by atoms with E-state index in [4.69, 9.17) is 0 Å². The largest absolute Gasteiger partial charge is 0.331 e. The van der Waals surface area contributed by atoms with Gasteiger partial charge in [0, 0.05) is 19.5 Å². The average Bonchev–Trinajstić information content (AvgIpc) is 3.08. The van der Waals surface area contributed by atoms with E-state index < -0.39 is 6.04 Å². The van der Waals surface area contributed by atoms with Gasteiger partial charge in [-0.3, -0.25) is 9.59 Å². The van der Waals surface area contributed by atoms with E-state index in [1.54, 1.807) is 11.0 Å². The first-order valence-electron chi connectivity index (χ1n) is 8.73. The van der Waals surface area contributed by atoms with Crippen LogP contribution in [0.4, 0.5) is 10.1 Å². The molecule has 1 unspecified atom stereocenters. The summed E-state index contributed by atoms with van der Waals surface area (Å²) >= 11 is 0. The fourth-order valence-electron chi connectivity index (χ4n) is 3.54. The standard InChI is InChI=1S/C18H24FN3O2/c1-2-4-16(23)22-10-3-5-15(22)18(24)21-14-7-6-12-11-20-9-8-13(12)17(14)19/h6-7,15,20H,2-5,8-11H2,1H3,(H,21,24). The van der Waals surface area contributed by atoms with E-state index in [1.807, 2.05) is 13.0 Å². The van der Waals surface area contributed by atoms with Crippen molar-refractivity contribution in [2.45, 2.75) is 51.6 Å². The fourth-order valence-corrected chi connectivity index (χ4v) is 3.54. The highest BCUT2D eigenvalue weighted by Gasteiger charge is 2.34. The second-order valence-corrected chi connectivity index (χ2v) is 6.48. The van der Waals surface area contributed by atoms with E-state index in [0.29, 0.717) is 37.9 Å². The van der Waals surface area contributed by atoms with E-state index in [9.17, 15) is 14.0 Å². The average molecular weight is 333 g/mol. The van der Waals surface area contributed by atoms with Crippen molar-refractivity contribution < 1.29 is 14.0 Å². The van der Waals surface area contributed by atoms with Gasteiger partial charge in [-0.2, -0.15) is 0 Å². The third kappa shape index (κ3) is 3.29. The lowest BCUT2D eigenvalue weighted by molar-refractivity contribution is -0.136. The van der Waals surface area contributed by atoms with Crippen molar-refractivity contribution in [3.63, 3.8) is 0 Å². The summed E-state index contributed by atoms with van der Waals surface area (Å²) in [5, 5.41) is 5.91. The topological polar surface area (TPSA) is 61.4 Å². The molecule has 0 aromatic heterocycles. The molecule has 0 radical (unpaired) electrons. The van der Waals surface area contributed by atoms with Crippen LogP contribution in [0.3, 0.4) is 0 Å². The van der Waals surface area contributed by atoms with Crippen LogP contribution >= 0.6 is 0 Å². The van der Waals surface area contributed by atoms with Crippen LogP contribution in [0, 0.1) is 5.82 Å². The molecule has 5 nitrogen and oxygen atoms in total. The molecule has 3 rings (SSSR count). The monoisotopic (exact) mass is 333 g/mol. The molecule has 1 fully saturated rings. The number of nitrogens with zero attached hydrogens (tertiary/aromatic N) is 1. The van der Waals surface area contributed by atoms with Gasteiger partial charge in [0.1, 0.15) is 11.9 Å². The van der Waals surface area contributed by atoms with Gasteiger partial charge >= 0.3 is 0 Å². The zero-order valence-electron chi connectivity index (χ0n) is 14.0. The van der Waals surface area contributed by atoms with Crippen molar-refractivity contribution in [1.82, 2.24) is 10.2 Å². The molecule has 6 heteroatoms. The van der Waals surface area contributed by atoms with Crippen LogP contribution in [-0.2, 0) is 22.6 Å². The van der Waals surface area contributed by atoms with Crippen LogP contribution in [0.1, 0.15) is 43.7 Å². The molecule has 2 heterocycles. The molecule has 0 spiro atoms. The van der Waals surface area contributed by atoms with E-state index in [0.717, 1.165) is 24.9 Å². The van der Waals surface area contributed by atoms with Gasteiger partial charge in [0.05, 0.1) is 5.69 Å². The maximum absolute atomic E-state index is 14.7. The lowest BCUT2D eigenvalue weighted by atomic mass is 9.99. The first-order chi connectivity index (χ1) is 11.6. The molecule has 1 aromatic rings. The number of anilines is 1. The number of hydrogen-bond acceptors (Lipinski definition) is 3. The van der Waals surface area contributed by atoms with Crippen LogP contribution in [0.2, 0.25) is 0 Å². The van der Waals surface area contributed by atoms with E-state index in [2.05, 4.69) is 10.6 Å². The van der Waals surface area contributed by atoms with Gasteiger partial charge < -0.3 is 15.5 Å². The molecule has 1 saturated heterocycles. The first kappa shape index (κ1) is 16.9. The highest BCUT2D eigenvalue weighted by atomic mass is 19.1. The van der Waals surface area contributed by atoms with Gasteiger partial charge in [0.2, 0.25) is 11.8 Å². The van der Waals surface area contributed by atoms with Crippen LogP contribution in [0.5, 0.6) is 0 Å². The summed E-state index contributed by atoms with van der Waals surface area (Å²) in [4.78, 5) is 26.3. The number of halogens is 1. The van der Waals surface area contributed by atoms with Crippen molar-refractivity contribution in [3.05, 3.63) is 29.1 Å². The van der Waals surface area contributed by atoms with Crippen LogP contribution in [-0.4, -0.2) is 35.8 Å². The molecule has 0 saturated carbocycles. The Morgan fingerprint density at radius 3 is 3.04 bits per heavy atom. The molecular formula is C18H24FN3O2. The Bertz CT molecular complexity index is 647. The quantitative estimate of drug-likeness (QED) is 0.888. The number of benzene rings is 1. The maximum atomic E-state index is 14.7. The van der Waals surface area contributed by atoms with Gasteiger partial charge in [0.25, 0.3) is 0 Å². The molecule has 130 valence electrons. The molecule has 24 heavy (non-hydrogen) atoms. The Balaban J connectivity index is 1.74. The molecule has 0 aliphatic carbocycles. The second kappa shape index (κ2) is 7.30. The number of likely N-dealkylation sites (tertiary alicyclic amines) is 1. The second-order valence-electron chi connectivity index (χ2n) is 6.48. The number of carbonyl (C=O) groups excluding carboxylic acids is 2. The number of carbonyl (C=O) groups is 2. The molecule has 2 amide bonds. The van der Waals surface area contributed by atoms with Crippen LogP contribution in [0.25, 0.3) is 0 Å². The summed E-state index contributed by atoms with van der Waals surface area (Å²) in [6, 6.07) is 2.99. The maximum Gasteiger partial charge on any atom is 0.247 e. The van der Waals surface area contributed by atoms with Gasteiger partial charge in [0.15, 0.2) is 0 Å². The number of fused-ring (bicyclic) bond motifs is 1. The van der Waals surface area contributed by atoms with Crippen LogP contribution in [0.15, 0.2) is 12.1 Å². The Labute approximate surface area is 141 Å². The summed E-state index contributed by atoms with van der Waals surface area (Å²) in [5.41, 5.74) is 1.84. The van der Waals surface area contributed by atoms with E-state index in [-0.39, 0.29) is 23.3 Å². The van der Waals surface area contributed by atoms with Crippen molar-refractivity contribution in [3.8, 4) is 0 Å². The zero-order valence-corrected chi connectivity index (χ0v) is 14.0. The molecule has 0 bridgehead atoms. The molecule has 1 atom stereocenters. The van der Waals surface area contributed by atoms with Gasteiger partial charge in [-0.1, -0.05) is 13.0 Å². The fraction of sp³-hybridized carbons (Fsp3) is 0.556. The van der Waals surface area contributed by atoms with Crippen molar-refractivity contribution in [2.75, 3.05) is 18.4 Å². The summed E-state index contributed by atoms with van der Waals surface area (Å²) in [6.07, 6.45) is 3.28. The van der Waals surface area contributed by atoms with Crippen molar-refractivity contribution in [1.29, 1.82) is 0 Å². The van der Waals surface area contributed by atoms with E-state index >= 15 is 0 Å².